The van der Waals surface area contributed by atoms with Crippen LogP contribution in [0.4, 0.5) is 0 Å². The molecule has 3 aliphatic rings. The molecule has 0 radical (unpaired) electrons. The molecular formula is C19H34N4O2. The van der Waals surface area contributed by atoms with E-state index >= 15 is 0 Å². The molecule has 1 atom stereocenters. The Morgan fingerprint density at radius 2 is 1.60 bits per heavy atom. The van der Waals surface area contributed by atoms with Crippen LogP contribution < -0.4 is 5.73 Å². The first-order valence-corrected chi connectivity index (χ1v) is 9.91. The summed E-state index contributed by atoms with van der Waals surface area (Å²) in [7, 11) is 0. The third-order valence-corrected chi connectivity index (χ3v) is 6.36. The van der Waals surface area contributed by atoms with Crippen molar-refractivity contribution in [3.8, 4) is 0 Å². The van der Waals surface area contributed by atoms with Crippen LogP contribution in [-0.4, -0.2) is 78.4 Å². The predicted octanol–water partition coefficient (Wildman–Crippen LogP) is 0.907. The molecule has 1 unspecified atom stereocenters. The number of carbonyl (C=O) groups is 2. The summed E-state index contributed by atoms with van der Waals surface area (Å²) in [5, 5.41) is 0. The number of nitrogens with two attached hydrogens (primary N) is 1. The molecule has 2 N–H and O–H groups in total. The van der Waals surface area contributed by atoms with Crippen LogP contribution in [0.5, 0.6) is 0 Å². The van der Waals surface area contributed by atoms with Gasteiger partial charge in [0.2, 0.25) is 11.8 Å². The van der Waals surface area contributed by atoms with Gasteiger partial charge in [-0.15, -0.1) is 0 Å². The third-order valence-electron chi connectivity index (χ3n) is 6.36. The molecule has 6 nitrogen and oxygen atoms in total. The number of nitrogens with zero attached hydrogens (tertiary/aromatic N) is 3. The van der Waals surface area contributed by atoms with E-state index in [1.807, 2.05) is 9.80 Å². The Morgan fingerprint density at radius 1 is 0.960 bits per heavy atom. The van der Waals surface area contributed by atoms with E-state index in [0.29, 0.717) is 12.5 Å². The number of piperidine rings is 2. The van der Waals surface area contributed by atoms with Crippen molar-refractivity contribution in [3.63, 3.8) is 0 Å². The van der Waals surface area contributed by atoms with E-state index in [1.165, 1.54) is 0 Å². The van der Waals surface area contributed by atoms with Gasteiger partial charge in [0.25, 0.3) is 0 Å². The standard InChI is InChI=1S/C19H34N4O2/c1-19(2)14-21(10-7-16(19)20)13-17(24)22-11-5-15(6-12-22)18(25)23-8-3-4-9-23/h15-16H,3-14,20H2,1-2H3. The Balaban J connectivity index is 1.44. The minimum absolute atomic E-state index is 0.0632. The van der Waals surface area contributed by atoms with Crippen LogP contribution in [-0.2, 0) is 9.59 Å². The van der Waals surface area contributed by atoms with Crippen molar-refractivity contribution in [3.05, 3.63) is 0 Å². The lowest BCUT2D eigenvalue weighted by Crippen LogP contribution is -2.55. The maximum atomic E-state index is 12.6. The van der Waals surface area contributed by atoms with Crippen LogP contribution in [0.15, 0.2) is 0 Å². The average molecular weight is 351 g/mol. The predicted molar refractivity (Wildman–Crippen MR) is 97.9 cm³/mol. The number of carbonyl (C=O) groups excluding carboxylic acids is 2. The van der Waals surface area contributed by atoms with Crippen molar-refractivity contribution in [1.82, 2.24) is 14.7 Å². The fourth-order valence-corrected chi connectivity index (χ4v) is 4.48. The van der Waals surface area contributed by atoms with Crippen LogP contribution in [0.1, 0.15) is 46.0 Å². The first-order chi connectivity index (χ1) is 11.9. The topological polar surface area (TPSA) is 69.9 Å². The van der Waals surface area contributed by atoms with E-state index in [2.05, 4.69) is 18.7 Å². The van der Waals surface area contributed by atoms with Gasteiger partial charge in [0, 0.05) is 51.2 Å². The summed E-state index contributed by atoms with van der Waals surface area (Å²) in [6.45, 7) is 9.92. The molecule has 0 aromatic rings. The van der Waals surface area contributed by atoms with Gasteiger partial charge in [-0.2, -0.15) is 0 Å². The second-order valence-corrected chi connectivity index (χ2v) is 8.78. The van der Waals surface area contributed by atoms with Gasteiger partial charge in [0.05, 0.1) is 6.54 Å². The second-order valence-electron chi connectivity index (χ2n) is 8.78. The highest BCUT2D eigenvalue weighted by Crippen LogP contribution is 2.28. The third kappa shape index (κ3) is 4.34. The molecular weight excluding hydrogens is 316 g/mol. The van der Waals surface area contributed by atoms with Gasteiger partial charge in [0.15, 0.2) is 0 Å². The molecule has 25 heavy (non-hydrogen) atoms. The lowest BCUT2D eigenvalue weighted by Gasteiger charge is -2.43. The molecule has 0 aliphatic carbocycles. The Morgan fingerprint density at radius 3 is 2.20 bits per heavy atom. The van der Waals surface area contributed by atoms with E-state index in [9.17, 15) is 9.59 Å². The molecule has 142 valence electrons. The highest BCUT2D eigenvalue weighted by atomic mass is 16.2. The van der Waals surface area contributed by atoms with E-state index in [4.69, 9.17) is 5.73 Å². The zero-order valence-electron chi connectivity index (χ0n) is 15.9. The van der Waals surface area contributed by atoms with Crippen molar-refractivity contribution < 1.29 is 9.59 Å². The van der Waals surface area contributed by atoms with E-state index in [1.54, 1.807) is 0 Å². The van der Waals surface area contributed by atoms with Crippen molar-refractivity contribution in [2.75, 3.05) is 45.8 Å². The van der Waals surface area contributed by atoms with Gasteiger partial charge in [-0.3, -0.25) is 14.5 Å². The molecule has 6 heteroatoms. The Hall–Kier alpha value is -1.14. The number of hydrogen-bond donors (Lipinski definition) is 1. The summed E-state index contributed by atoms with van der Waals surface area (Å²) in [5.74, 6) is 0.642. The van der Waals surface area contributed by atoms with E-state index in [0.717, 1.165) is 71.4 Å². The zero-order valence-corrected chi connectivity index (χ0v) is 15.9. The number of rotatable bonds is 3. The summed E-state index contributed by atoms with van der Waals surface area (Å²) in [6, 6.07) is 0.214. The van der Waals surface area contributed by atoms with Crippen molar-refractivity contribution >= 4 is 11.8 Å². The quantitative estimate of drug-likeness (QED) is 0.821. The normalized spacial score (nSPS) is 28.4. The lowest BCUT2D eigenvalue weighted by atomic mass is 9.80. The lowest BCUT2D eigenvalue weighted by molar-refractivity contribution is -0.140. The van der Waals surface area contributed by atoms with Crippen LogP contribution in [0, 0.1) is 11.3 Å². The molecule has 2 amide bonds. The molecule has 0 spiro atoms. The van der Waals surface area contributed by atoms with Gasteiger partial charge in [-0.25, -0.2) is 0 Å². The van der Waals surface area contributed by atoms with Crippen molar-refractivity contribution in [2.45, 2.75) is 52.0 Å². The molecule has 3 fully saturated rings. The summed E-state index contributed by atoms with van der Waals surface area (Å²) in [6.07, 6.45) is 4.86. The van der Waals surface area contributed by atoms with Crippen molar-refractivity contribution in [1.29, 1.82) is 0 Å². The SMILES string of the molecule is CC1(C)CN(CC(=O)N2CCC(C(=O)N3CCCC3)CC2)CCC1N. The van der Waals surface area contributed by atoms with E-state index in [-0.39, 0.29) is 23.3 Å². The maximum Gasteiger partial charge on any atom is 0.236 e. The van der Waals surface area contributed by atoms with Gasteiger partial charge in [-0.05, 0) is 37.5 Å². The number of amides is 2. The fraction of sp³-hybridized carbons (Fsp3) is 0.895. The monoisotopic (exact) mass is 350 g/mol. The van der Waals surface area contributed by atoms with E-state index < -0.39 is 0 Å². The Labute approximate surface area is 151 Å². The van der Waals surface area contributed by atoms with Gasteiger partial charge in [0.1, 0.15) is 0 Å². The molecule has 0 saturated carbocycles. The molecule has 3 rings (SSSR count). The van der Waals surface area contributed by atoms with Crippen LogP contribution in [0.3, 0.4) is 0 Å². The molecule has 0 aromatic heterocycles. The fourth-order valence-electron chi connectivity index (χ4n) is 4.48. The maximum absolute atomic E-state index is 12.6. The summed E-state index contributed by atoms with van der Waals surface area (Å²) < 4.78 is 0. The summed E-state index contributed by atoms with van der Waals surface area (Å²) in [5.41, 5.74) is 6.25. The average Bonchev–Trinajstić information content (AvgIpc) is 3.12. The van der Waals surface area contributed by atoms with Gasteiger partial charge >= 0.3 is 0 Å². The molecule has 3 heterocycles. The summed E-state index contributed by atoms with van der Waals surface area (Å²) >= 11 is 0. The molecule has 3 aliphatic heterocycles. The highest BCUT2D eigenvalue weighted by Gasteiger charge is 2.35. The second kappa shape index (κ2) is 7.62. The van der Waals surface area contributed by atoms with Crippen LogP contribution in [0.25, 0.3) is 0 Å². The summed E-state index contributed by atoms with van der Waals surface area (Å²) in [4.78, 5) is 31.4. The van der Waals surface area contributed by atoms with Crippen LogP contribution >= 0.6 is 0 Å². The first-order valence-electron chi connectivity index (χ1n) is 9.91. The Kier molecular flexibility index (Phi) is 5.68. The highest BCUT2D eigenvalue weighted by molar-refractivity contribution is 5.81. The van der Waals surface area contributed by atoms with Gasteiger partial charge in [-0.1, -0.05) is 13.8 Å². The number of hydrogen-bond acceptors (Lipinski definition) is 4. The van der Waals surface area contributed by atoms with Gasteiger partial charge < -0.3 is 15.5 Å². The molecule has 0 bridgehead atoms. The zero-order chi connectivity index (χ0) is 18.0. The van der Waals surface area contributed by atoms with Crippen LogP contribution in [0.2, 0.25) is 0 Å². The number of likely N-dealkylation sites (tertiary alicyclic amines) is 3. The minimum Gasteiger partial charge on any atom is -0.342 e. The minimum atomic E-state index is 0.0632. The molecule has 0 aromatic carbocycles. The Bertz CT molecular complexity index is 494. The molecule has 3 saturated heterocycles. The first kappa shape index (κ1) is 18.6. The largest absolute Gasteiger partial charge is 0.342 e. The smallest absolute Gasteiger partial charge is 0.236 e. The van der Waals surface area contributed by atoms with Crippen molar-refractivity contribution in [2.24, 2.45) is 17.1 Å².